The molecule has 2 N–H and O–H groups in total. The molecule has 1 amide bonds. The summed E-state index contributed by atoms with van der Waals surface area (Å²) in [6, 6.07) is 11.2. The summed E-state index contributed by atoms with van der Waals surface area (Å²) in [7, 11) is 0. The second-order valence-electron chi connectivity index (χ2n) is 6.17. The van der Waals surface area contributed by atoms with E-state index in [4.69, 9.17) is 4.74 Å². The molecule has 6 nitrogen and oxygen atoms in total. The van der Waals surface area contributed by atoms with Gasteiger partial charge in [-0.2, -0.15) is 0 Å². The van der Waals surface area contributed by atoms with E-state index < -0.39 is 0 Å². The summed E-state index contributed by atoms with van der Waals surface area (Å²) >= 11 is 0. The van der Waals surface area contributed by atoms with Crippen molar-refractivity contribution in [3.63, 3.8) is 0 Å². The molecule has 0 spiro atoms. The Kier molecular flexibility index (Phi) is 4.35. The summed E-state index contributed by atoms with van der Waals surface area (Å²) < 4.78 is 7.80. The number of nitrogens with zero attached hydrogens (tertiary/aromatic N) is 2. The largest absolute Gasteiger partial charge is 0.489 e. The maximum atomic E-state index is 12.3. The number of pyridine rings is 1. The fourth-order valence-corrected chi connectivity index (χ4v) is 2.95. The summed E-state index contributed by atoms with van der Waals surface area (Å²) in [5.74, 6) is 0.701. The summed E-state index contributed by atoms with van der Waals surface area (Å²) in [6.07, 6.45) is 6.82. The van der Waals surface area contributed by atoms with E-state index in [-0.39, 0.29) is 12.0 Å². The number of carbonyl (C=O) groups excluding carboxylic acids is 1. The van der Waals surface area contributed by atoms with Crippen molar-refractivity contribution in [3.05, 3.63) is 66.1 Å². The Balaban J connectivity index is 1.35. The molecule has 3 heterocycles. The molecular formula is C19H20N4O2. The van der Waals surface area contributed by atoms with Crippen LogP contribution in [0.3, 0.4) is 0 Å². The zero-order chi connectivity index (χ0) is 17.1. The summed E-state index contributed by atoms with van der Waals surface area (Å²) in [6.45, 7) is 2.34. The van der Waals surface area contributed by atoms with Crippen LogP contribution in [0.5, 0.6) is 5.75 Å². The number of amides is 1. The maximum Gasteiger partial charge on any atom is 0.251 e. The quantitative estimate of drug-likeness (QED) is 0.748. The van der Waals surface area contributed by atoms with Gasteiger partial charge in [0.2, 0.25) is 0 Å². The van der Waals surface area contributed by atoms with Crippen molar-refractivity contribution in [3.8, 4) is 5.75 Å². The van der Waals surface area contributed by atoms with Crippen molar-refractivity contribution in [2.45, 2.75) is 19.1 Å². The summed E-state index contributed by atoms with van der Waals surface area (Å²) in [4.78, 5) is 16.6. The number of rotatable bonds is 5. The summed E-state index contributed by atoms with van der Waals surface area (Å²) in [5.41, 5.74) is 2.51. The zero-order valence-corrected chi connectivity index (χ0v) is 13.8. The van der Waals surface area contributed by atoms with Crippen LogP contribution >= 0.6 is 0 Å². The fraction of sp³-hybridized carbons (Fsp3) is 0.263. The lowest BCUT2D eigenvalue weighted by molar-refractivity contribution is 0.0951. The Morgan fingerprint density at radius 1 is 1.28 bits per heavy atom. The van der Waals surface area contributed by atoms with E-state index in [2.05, 4.69) is 15.6 Å². The minimum absolute atomic E-state index is 0.0997. The number of carbonyl (C=O) groups is 1. The first kappa shape index (κ1) is 15.7. The van der Waals surface area contributed by atoms with Gasteiger partial charge < -0.3 is 19.8 Å². The Hall–Kier alpha value is -2.86. The van der Waals surface area contributed by atoms with E-state index in [1.54, 1.807) is 18.3 Å². The number of hydrogen-bond donors (Lipinski definition) is 2. The average molecular weight is 336 g/mol. The molecule has 1 aromatic carbocycles. The van der Waals surface area contributed by atoms with Crippen molar-refractivity contribution < 1.29 is 9.53 Å². The van der Waals surface area contributed by atoms with Crippen LogP contribution in [-0.2, 0) is 6.54 Å². The van der Waals surface area contributed by atoms with Crippen LogP contribution in [-0.4, -0.2) is 34.5 Å². The van der Waals surface area contributed by atoms with Gasteiger partial charge in [-0.05, 0) is 54.9 Å². The first-order valence-electron chi connectivity index (χ1n) is 8.45. The number of hydrogen-bond acceptors (Lipinski definition) is 4. The number of fused-ring (bicyclic) bond motifs is 1. The molecule has 1 aliphatic rings. The van der Waals surface area contributed by atoms with Crippen LogP contribution in [0.4, 0.5) is 0 Å². The van der Waals surface area contributed by atoms with Crippen molar-refractivity contribution in [2.24, 2.45) is 0 Å². The van der Waals surface area contributed by atoms with Crippen LogP contribution in [0.25, 0.3) is 5.65 Å². The molecule has 3 aromatic rings. The van der Waals surface area contributed by atoms with Crippen LogP contribution in [0.2, 0.25) is 0 Å². The van der Waals surface area contributed by atoms with E-state index in [1.807, 2.05) is 41.1 Å². The maximum absolute atomic E-state index is 12.3. The van der Waals surface area contributed by atoms with Gasteiger partial charge in [-0.3, -0.25) is 4.79 Å². The van der Waals surface area contributed by atoms with Crippen LogP contribution < -0.4 is 15.4 Å². The molecule has 0 radical (unpaired) electrons. The SMILES string of the molecule is O=C(NCc1ccn2ccnc2c1)c1ccc(OC2CCNC2)cc1. The third kappa shape index (κ3) is 3.64. The number of aromatic nitrogens is 2. The third-order valence-electron chi connectivity index (χ3n) is 4.35. The Labute approximate surface area is 145 Å². The highest BCUT2D eigenvalue weighted by Gasteiger charge is 2.16. The van der Waals surface area contributed by atoms with Gasteiger partial charge in [0, 0.05) is 37.2 Å². The van der Waals surface area contributed by atoms with Gasteiger partial charge in [-0.15, -0.1) is 0 Å². The minimum atomic E-state index is -0.0997. The molecule has 0 aliphatic carbocycles. The average Bonchev–Trinajstić information content (AvgIpc) is 3.31. The Morgan fingerprint density at radius 2 is 2.16 bits per heavy atom. The molecule has 1 saturated heterocycles. The van der Waals surface area contributed by atoms with E-state index in [9.17, 15) is 4.79 Å². The molecule has 0 saturated carbocycles. The summed E-state index contributed by atoms with van der Waals surface area (Å²) in [5, 5.41) is 6.21. The highest BCUT2D eigenvalue weighted by molar-refractivity contribution is 5.94. The lowest BCUT2D eigenvalue weighted by atomic mass is 10.2. The van der Waals surface area contributed by atoms with Crippen molar-refractivity contribution in [1.29, 1.82) is 0 Å². The molecule has 4 rings (SSSR count). The fourth-order valence-electron chi connectivity index (χ4n) is 2.95. The number of benzene rings is 1. The highest BCUT2D eigenvalue weighted by Crippen LogP contribution is 2.16. The molecule has 128 valence electrons. The molecule has 1 aliphatic heterocycles. The molecule has 0 bridgehead atoms. The van der Waals surface area contributed by atoms with Gasteiger partial charge in [0.25, 0.3) is 5.91 Å². The molecule has 1 unspecified atom stereocenters. The predicted molar refractivity (Wildman–Crippen MR) is 94.7 cm³/mol. The van der Waals surface area contributed by atoms with Crippen LogP contribution in [0, 0.1) is 0 Å². The van der Waals surface area contributed by atoms with E-state index in [0.29, 0.717) is 12.1 Å². The zero-order valence-electron chi connectivity index (χ0n) is 13.8. The molecule has 25 heavy (non-hydrogen) atoms. The lowest BCUT2D eigenvalue weighted by Crippen LogP contribution is -2.23. The number of nitrogens with one attached hydrogen (secondary N) is 2. The van der Waals surface area contributed by atoms with Gasteiger partial charge in [0.05, 0.1) is 0 Å². The van der Waals surface area contributed by atoms with Gasteiger partial charge in [0.15, 0.2) is 0 Å². The predicted octanol–water partition coefficient (Wildman–Crippen LogP) is 2.00. The van der Waals surface area contributed by atoms with Crippen LogP contribution in [0.15, 0.2) is 55.0 Å². The van der Waals surface area contributed by atoms with E-state index >= 15 is 0 Å². The van der Waals surface area contributed by atoms with Gasteiger partial charge >= 0.3 is 0 Å². The van der Waals surface area contributed by atoms with Crippen molar-refractivity contribution >= 4 is 11.6 Å². The first-order valence-corrected chi connectivity index (χ1v) is 8.45. The van der Waals surface area contributed by atoms with Gasteiger partial charge in [-0.25, -0.2) is 4.98 Å². The van der Waals surface area contributed by atoms with Crippen molar-refractivity contribution in [2.75, 3.05) is 13.1 Å². The Bertz CT molecular complexity index is 867. The first-order chi connectivity index (χ1) is 12.3. The van der Waals surface area contributed by atoms with E-state index in [1.165, 1.54) is 0 Å². The van der Waals surface area contributed by atoms with E-state index in [0.717, 1.165) is 36.5 Å². The topological polar surface area (TPSA) is 67.7 Å². The second kappa shape index (κ2) is 6.94. The molecule has 1 fully saturated rings. The molecule has 2 aromatic heterocycles. The number of ether oxygens (including phenoxy) is 1. The highest BCUT2D eigenvalue weighted by atomic mass is 16.5. The van der Waals surface area contributed by atoms with Gasteiger partial charge in [-0.1, -0.05) is 0 Å². The lowest BCUT2D eigenvalue weighted by Gasteiger charge is -2.12. The normalized spacial score (nSPS) is 16.9. The third-order valence-corrected chi connectivity index (χ3v) is 4.35. The molecule has 6 heteroatoms. The second-order valence-corrected chi connectivity index (χ2v) is 6.17. The van der Waals surface area contributed by atoms with Crippen molar-refractivity contribution in [1.82, 2.24) is 20.0 Å². The monoisotopic (exact) mass is 336 g/mol. The van der Waals surface area contributed by atoms with Crippen LogP contribution in [0.1, 0.15) is 22.3 Å². The molecule has 1 atom stereocenters. The smallest absolute Gasteiger partial charge is 0.251 e. The number of imidazole rings is 1. The standard InChI is InChI=1S/C19H20N4O2/c24-19(22-12-14-6-9-23-10-8-21-18(23)11-14)15-1-3-16(4-2-15)25-17-5-7-20-13-17/h1-4,6,8-11,17,20H,5,7,12-13H2,(H,22,24). The van der Waals surface area contributed by atoms with Gasteiger partial charge in [0.1, 0.15) is 17.5 Å². The Morgan fingerprint density at radius 3 is 2.96 bits per heavy atom. The molecular weight excluding hydrogens is 316 g/mol. The minimum Gasteiger partial charge on any atom is -0.489 e.